The van der Waals surface area contributed by atoms with Crippen molar-refractivity contribution in [1.82, 2.24) is 16.2 Å². The lowest BCUT2D eigenvalue weighted by atomic mass is 10.1. The van der Waals surface area contributed by atoms with Gasteiger partial charge >= 0.3 is 0 Å². The van der Waals surface area contributed by atoms with Crippen molar-refractivity contribution in [3.63, 3.8) is 0 Å². The molecule has 132 valence electrons. The summed E-state index contributed by atoms with van der Waals surface area (Å²) in [4.78, 5) is 12.0. The Morgan fingerprint density at radius 1 is 1.00 bits per heavy atom. The number of amides is 1. The van der Waals surface area contributed by atoms with Crippen LogP contribution >= 0.6 is 12.2 Å². The van der Waals surface area contributed by atoms with Gasteiger partial charge in [0.25, 0.3) is 0 Å². The summed E-state index contributed by atoms with van der Waals surface area (Å²) in [5, 5.41) is 3.36. The van der Waals surface area contributed by atoms with Crippen molar-refractivity contribution < 1.29 is 14.3 Å². The van der Waals surface area contributed by atoms with Crippen LogP contribution in [0.1, 0.15) is 11.1 Å². The first-order valence-electron chi connectivity index (χ1n) is 7.70. The second-order valence-electron chi connectivity index (χ2n) is 5.19. The van der Waals surface area contributed by atoms with Gasteiger partial charge in [0.1, 0.15) is 11.5 Å². The number of ether oxygens (including phenoxy) is 2. The Morgan fingerprint density at radius 3 is 2.40 bits per heavy atom. The summed E-state index contributed by atoms with van der Waals surface area (Å²) in [6, 6.07) is 15.0. The van der Waals surface area contributed by atoms with E-state index >= 15 is 0 Å². The summed E-state index contributed by atoms with van der Waals surface area (Å²) in [5.74, 6) is 1.27. The summed E-state index contributed by atoms with van der Waals surface area (Å²) >= 11 is 5.15. The zero-order chi connectivity index (χ0) is 18.1. The molecule has 0 saturated heterocycles. The van der Waals surface area contributed by atoms with Crippen LogP contribution in [0.3, 0.4) is 0 Å². The quantitative estimate of drug-likeness (QED) is 0.541. The van der Waals surface area contributed by atoms with Crippen LogP contribution < -0.4 is 25.6 Å². The lowest BCUT2D eigenvalue weighted by Gasteiger charge is -2.13. The molecular formula is C18H21N3O3S. The van der Waals surface area contributed by atoms with Gasteiger partial charge in [-0.25, -0.2) is 0 Å². The van der Waals surface area contributed by atoms with Crippen LogP contribution in [0, 0.1) is 0 Å². The van der Waals surface area contributed by atoms with Crippen LogP contribution in [0.5, 0.6) is 11.5 Å². The molecule has 2 aromatic rings. The molecule has 6 nitrogen and oxygen atoms in total. The van der Waals surface area contributed by atoms with Crippen molar-refractivity contribution >= 4 is 23.2 Å². The molecule has 0 atom stereocenters. The summed E-state index contributed by atoms with van der Waals surface area (Å²) in [6.45, 7) is 0.540. The molecule has 0 aliphatic heterocycles. The topological polar surface area (TPSA) is 71.6 Å². The smallest absolute Gasteiger partial charge is 0.242 e. The lowest BCUT2D eigenvalue weighted by molar-refractivity contribution is -0.121. The molecule has 1 amide bonds. The van der Waals surface area contributed by atoms with Gasteiger partial charge in [-0.05, 0) is 36.0 Å². The molecular weight excluding hydrogens is 338 g/mol. The molecule has 0 spiro atoms. The molecule has 0 radical (unpaired) electrons. The number of benzene rings is 2. The largest absolute Gasteiger partial charge is 0.497 e. The van der Waals surface area contributed by atoms with E-state index < -0.39 is 0 Å². The van der Waals surface area contributed by atoms with E-state index in [-0.39, 0.29) is 12.3 Å². The van der Waals surface area contributed by atoms with E-state index in [9.17, 15) is 4.79 Å². The van der Waals surface area contributed by atoms with Gasteiger partial charge in [-0.2, -0.15) is 0 Å². The van der Waals surface area contributed by atoms with Crippen LogP contribution in [-0.4, -0.2) is 25.2 Å². The highest BCUT2D eigenvalue weighted by Crippen LogP contribution is 2.17. The first kappa shape index (κ1) is 18.5. The number of nitrogens with one attached hydrogen (secondary N) is 3. The molecule has 0 aliphatic rings. The maximum Gasteiger partial charge on any atom is 0.242 e. The molecule has 0 saturated carbocycles. The lowest BCUT2D eigenvalue weighted by Crippen LogP contribution is -2.47. The van der Waals surface area contributed by atoms with Gasteiger partial charge in [-0.3, -0.25) is 15.6 Å². The van der Waals surface area contributed by atoms with Crippen molar-refractivity contribution in [1.29, 1.82) is 0 Å². The molecule has 3 N–H and O–H groups in total. The van der Waals surface area contributed by atoms with Gasteiger partial charge in [0.05, 0.1) is 20.6 Å². The predicted octanol–water partition coefficient (Wildman–Crippen LogP) is 1.94. The number of carbonyl (C=O) groups is 1. The van der Waals surface area contributed by atoms with Gasteiger partial charge in [0.15, 0.2) is 5.11 Å². The third-order valence-electron chi connectivity index (χ3n) is 3.47. The maximum atomic E-state index is 12.0. The van der Waals surface area contributed by atoms with Crippen LogP contribution in [0.25, 0.3) is 0 Å². The summed E-state index contributed by atoms with van der Waals surface area (Å²) in [6.07, 6.45) is 0.193. The van der Waals surface area contributed by atoms with Gasteiger partial charge in [-0.1, -0.05) is 30.3 Å². The Labute approximate surface area is 152 Å². The van der Waals surface area contributed by atoms with E-state index in [0.717, 1.165) is 16.9 Å². The van der Waals surface area contributed by atoms with Crippen LogP contribution in [0.4, 0.5) is 0 Å². The van der Waals surface area contributed by atoms with Gasteiger partial charge in [0.2, 0.25) is 5.91 Å². The Hall–Kier alpha value is -2.80. The van der Waals surface area contributed by atoms with Gasteiger partial charge in [0, 0.05) is 12.1 Å². The predicted molar refractivity (Wildman–Crippen MR) is 100 cm³/mol. The number of hydrogen-bond donors (Lipinski definition) is 3. The normalized spacial score (nSPS) is 9.84. The third-order valence-corrected chi connectivity index (χ3v) is 3.72. The standard InChI is InChI=1S/C18H21N3O3S/c1-23-15-9-7-13(8-10-15)12-19-18(25)21-20-17(22)11-14-5-3-4-6-16(14)24-2/h3-10H,11-12H2,1-2H3,(H,20,22)(H2,19,21,25). The number of methoxy groups -OCH3 is 2. The summed E-state index contributed by atoms with van der Waals surface area (Å²) in [5.41, 5.74) is 7.11. The van der Waals surface area contributed by atoms with Crippen molar-refractivity contribution in [2.45, 2.75) is 13.0 Å². The zero-order valence-corrected chi connectivity index (χ0v) is 15.0. The summed E-state index contributed by atoms with van der Waals surface area (Å²) in [7, 11) is 3.20. The second-order valence-corrected chi connectivity index (χ2v) is 5.60. The number of para-hydroxylation sites is 1. The molecule has 2 aromatic carbocycles. The Bertz CT molecular complexity index is 720. The SMILES string of the molecule is COc1ccc(CNC(=S)NNC(=O)Cc2ccccc2OC)cc1. The minimum Gasteiger partial charge on any atom is -0.497 e. The molecule has 0 heterocycles. The van der Waals surface area contributed by atoms with E-state index in [1.54, 1.807) is 14.2 Å². The highest BCUT2D eigenvalue weighted by atomic mass is 32.1. The molecule has 2 rings (SSSR count). The zero-order valence-electron chi connectivity index (χ0n) is 14.2. The van der Waals surface area contributed by atoms with E-state index in [1.807, 2.05) is 48.5 Å². The highest BCUT2D eigenvalue weighted by molar-refractivity contribution is 7.80. The monoisotopic (exact) mass is 359 g/mol. The van der Waals surface area contributed by atoms with Crippen molar-refractivity contribution in [2.24, 2.45) is 0 Å². The first-order chi connectivity index (χ1) is 12.1. The molecule has 0 aromatic heterocycles. The minimum absolute atomic E-state index is 0.193. The molecule has 0 unspecified atom stereocenters. The fraction of sp³-hybridized carbons (Fsp3) is 0.222. The molecule has 7 heteroatoms. The van der Waals surface area contributed by atoms with E-state index in [0.29, 0.717) is 17.4 Å². The van der Waals surface area contributed by atoms with E-state index in [4.69, 9.17) is 21.7 Å². The molecule has 25 heavy (non-hydrogen) atoms. The average Bonchev–Trinajstić information content (AvgIpc) is 2.65. The fourth-order valence-electron chi connectivity index (χ4n) is 2.16. The Kier molecular flexibility index (Phi) is 7.03. The van der Waals surface area contributed by atoms with Crippen molar-refractivity contribution in [3.05, 3.63) is 59.7 Å². The van der Waals surface area contributed by atoms with E-state index in [2.05, 4.69) is 16.2 Å². The third kappa shape index (κ3) is 5.96. The fourth-order valence-corrected chi connectivity index (χ4v) is 2.29. The van der Waals surface area contributed by atoms with Crippen molar-refractivity contribution in [2.75, 3.05) is 14.2 Å². The number of carbonyl (C=O) groups excluding carboxylic acids is 1. The van der Waals surface area contributed by atoms with Gasteiger partial charge in [-0.15, -0.1) is 0 Å². The Morgan fingerprint density at radius 2 is 1.72 bits per heavy atom. The second kappa shape index (κ2) is 9.48. The first-order valence-corrected chi connectivity index (χ1v) is 8.10. The highest BCUT2D eigenvalue weighted by Gasteiger charge is 2.08. The number of hydrogen-bond acceptors (Lipinski definition) is 4. The molecule has 0 aliphatic carbocycles. The minimum atomic E-state index is -0.210. The van der Waals surface area contributed by atoms with Crippen LogP contribution in [-0.2, 0) is 17.8 Å². The molecule has 0 fully saturated rings. The molecule has 0 bridgehead atoms. The maximum absolute atomic E-state index is 12.0. The number of rotatable bonds is 6. The van der Waals surface area contributed by atoms with E-state index in [1.165, 1.54) is 0 Å². The van der Waals surface area contributed by atoms with Crippen LogP contribution in [0.2, 0.25) is 0 Å². The van der Waals surface area contributed by atoms with Crippen molar-refractivity contribution in [3.8, 4) is 11.5 Å². The summed E-state index contributed by atoms with van der Waals surface area (Å²) < 4.78 is 10.3. The number of thiocarbonyl (C=S) groups is 1. The van der Waals surface area contributed by atoms with Crippen LogP contribution in [0.15, 0.2) is 48.5 Å². The average molecular weight is 359 g/mol. The Balaban J connectivity index is 1.74. The number of hydrazine groups is 1. The van der Waals surface area contributed by atoms with Gasteiger partial charge < -0.3 is 14.8 Å².